The molecule has 2 aromatic rings. The number of hydrogen-bond donors (Lipinski definition) is 1. The number of hydrogen-bond acceptors (Lipinski definition) is 6. The van der Waals surface area contributed by atoms with Crippen LogP contribution in [0.4, 0.5) is 22.4 Å². The first-order valence-corrected chi connectivity index (χ1v) is 11.1. The zero-order valence-electron chi connectivity index (χ0n) is 19.9. The number of ketones is 1. The number of nitrogens with two attached hydrogens (primary N) is 1. The van der Waals surface area contributed by atoms with Gasteiger partial charge in [-0.3, -0.25) is 14.5 Å². The van der Waals surface area contributed by atoms with Crippen molar-refractivity contribution in [2.45, 2.75) is 64.0 Å². The second-order valence-corrected chi connectivity index (χ2v) is 9.48. The molecule has 1 saturated heterocycles. The molecule has 194 valence electrons. The number of carbonyl (C=O) groups is 3. The minimum Gasteiger partial charge on any atom is -0.444 e. The number of aryl methyl sites for hydroxylation is 1. The predicted molar refractivity (Wildman–Crippen MR) is 121 cm³/mol. The summed E-state index contributed by atoms with van der Waals surface area (Å²) in [7, 11) is 0. The van der Waals surface area contributed by atoms with E-state index in [-0.39, 0.29) is 36.9 Å². The molecule has 0 aliphatic carbocycles. The van der Waals surface area contributed by atoms with E-state index in [2.05, 4.69) is 9.97 Å². The van der Waals surface area contributed by atoms with Crippen molar-refractivity contribution < 1.29 is 36.7 Å². The monoisotopic (exact) mass is 510 g/mol. The van der Waals surface area contributed by atoms with E-state index in [9.17, 15) is 31.9 Å². The van der Waals surface area contributed by atoms with Crippen LogP contribution in [0.15, 0.2) is 30.6 Å². The predicted octanol–water partition coefficient (Wildman–Crippen LogP) is 4.11. The van der Waals surface area contributed by atoms with Crippen LogP contribution < -0.4 is 5.73 Å². The molecule has 0 saturated carbocycles. The quantitative estimate of drug-likeness (QED) is 0.585. The maximum absolute atomic E-state index is 14.1. The lowest BCUT2D eigenvalue weighted by atomic mass is 9.95. The number of aromatic nitrogens is 2. The lowest BCUT2D eigenvalue weighted by Crippen LogP contribution is -2.43. The van der Waals surface area contributed by atoms with Crippen molar-refractivity contribution in [2.75, 3.05) is 6.54 Å². The van der Waals surface area contributed by atoms with Crippen molar-refractivity contribution in [3.05, 3.63) is 47.5 Å². The number of alkyl halides is 4. The normalized spacial score (nSPS) is 18.2. The van der Waals surface area contributed by atoms with Gasteiger partial charge < -0.3 is 10.5 Å². The van der Waals surface area contributed by atoms with Gasteiger partial charge in [0, 0.05) is 36.4 Å². The first-order chi connectivity index (χ1) is 16.7. The van der Waals surface area contributed by atoms with Crippen molar-refractivity contribution in [1.82, 2.24) is 14.9 Å². The lowest BCUT2D eigenvalue weighted by molar-refractivity contribution is -0.145. The summed E-state index contributed by atoms with van der Waals surface area (Å²) in [6.45, 7) is 4.71. The van der Waals surface area contributed by atoms with Gasteiger partial charge in [-0.15, -0.1) is 0 Å². The van der Waals surface area contributed by atoms with E-state index in [1.54, 1.807) is 20.8 Å². The van der Waals surface area contributed by atoms with E-state index >= 15 is 0 Å². The van der Waals surface area contributed by atoms with Crippen LogP contribution in [0.3, 0.4) is 0 Å². The number of nitrogens with zero attached hydrogens (tertiary/aromatic N) is 3. The van der Waals surface area contributed by atoms with Gasteiger partial charge in [-0.05, 0) is 44.4 Å². The highest BCUT2D eigenvalue weighted by atomic mass is 19.4. The summed E-state index contributed by atoms with van der Waals surface area (Å²) in [6, 6.07) is 3.37. The van der Waals surface area contributed by atoms with Gasteiger partial charge >= 0.3 is 12.3 Å². The molecule has 2 atom stereocenters. The zero-order chi connectivity index (χ0) is 26.8. The third-order valence-electron chi connectivity index (χ3n) is 5.50. The Balaban J connectivity index is 1.79. The molecule has 2 amide bonds. The number of benzene rings is 1. The molecule has 1 aromatic carbocycles. The summed E-state index contributed by atoms with van der Waals surface area (Å²) in [4.78, 5) is 45.1. The first-order valence-electron chi connectivity index (χ1n) is 11.1. The molecule has 2 N–H and O–H groups in total. The topological polar surface area (TPSA) is 115 Å². The zero-order valence-corrected chi connectivity index (χ0v) is 19.9. The van der Waals surface area contributed by atoms with Gasteiger partial charge in [0.1, 0.15) is 11.8 Å². The number of rotatable bonds is 6. The average Bonchev–Trinajstić information content (AvgIpc) is 3.17. The molecule has 0 radical (unpaired) electrons. The van der Waals surface area contributed by atoms with E-state index in [1.807, 2.05) is 0 Å². The highest BCUT2D eigenvalue weighted by molar-refractivity contribution is 5.95. The molecule has 12 heteroatoms. The van der Waals surface area contributed by atoms with E-state index in [0.29, 0.717) is 11.1 Å². The number of likely N-dealkylation sites (tertiary alicyclic amines) is 1. The van der Waals surface area contributed by atoms with Crippen molar-refractivity contribution in [1.29, 1.82) is 0 Å². The van der Waals surface area contributed by atoms with Gasteiger partial charge in [-0.1, -0.05) is 12.1 Å². The minimum atomic E-state index is -4.69. The van der Waals surface area contributed by atoms with Crippen molar-refractivity contribution in [3.8, 4) is 11.1 Å². The number of amides is 2. The summed E-state index contributed by atoms with van der Waals surface area (Å²) in [5, 5.41) is 0. The molecule has 8 nitrogen and oxygen atoms in total. The van der Waals surface area contributed by atoms with Gasteiger partial charge in [0.15, 0.2) is 5.78 Å². The summed E-state index contributed by atoms with van der Waals surface area (Å²) >= 11 is 0. The fraction of sp³-hybridized carbons (Fsp3) is 0.458. The minimum absolute atomic E-state index is 0.0298. The molecular weight excluding hydrogens is 484 g/mol. The largest absolute Gasteiger partial charge is 0.451 e. The molecule has 1 aliphatic rings. The Hall–Kier alpha value is -3.57. The third-order valence-corrected chi connectivity index (χ3v) is 5.50. The molecule has 0 spiro atoms. The van der Waals surface area contributed by atoms with Gasteiger partial charge in [0.25, 0.3) is 0 Å². The summed E-state index contributed by atoms with van der Waals surface area (Å²) < 4.78 is 57.6. The van der Waals surface area contributed by atoms with Crippen molar-refractivity contribution in [2.24, 2.45) is 5.73 Å². The standard InChI is InChI=1S/C24H26F4N4O4/c1-23(2,3)36-22(35)32-12-16(25)9-18(32)19(33)7-5-14-8-13(4-6-17(14)20(29)34)15-10-30-21(31-11-15)24(26,27)28/h4,6,8,10-11,16,18H,5,7,9,12H2,1-3H3,(H2,29,34)/t16-,18+/m1/s1. The van der Waals surface area contributed by atoms with Gasteiger partial charge in [-0.25, -0.2) is 19.2 Å². The van der Waals surface area contributed by atoms with Crippen LogP contribution in [0.5, 0.6) is 0 Å². The van der Waals surface area contributed by atoms with Crippen LogP contribution in [0.1, 0.15) is 55.4 Å². The van der Waals surface area contributed by atoms with Crippen LogP contribution >= 0.6 is 0 Å². The van der Waals surface area contributed by atoms with Crippen LogP contribution in [0.25, 0.3) is 11.1 Å². The maximum atomic E-state index is 14.1. The van der Waals surface area contributed by atoms with Crippen molar-refractivity contribution in [3.63, 3.8) is 0 Å². The number of primary amides is 1. The Morgan fingerprint density at radius 1 is 1.11 bits per heavy atom. The maximum Gasteiger partial charge on any atom is 0.451 e. The molecule has 1 aromatic heterocycles. The Morgan fingerprint density at radius 3 is 2.31 bits per heavy atom. The van der Waals surface area contributed by atoms with Crippen molar-refractivity contribution >= 4 is 17.8 Å². The fourth-order valence-electron chi connectivity index (χ4n) is 3.88. The first kappa shape index (κ1) is 27.0. The van der Waals surface area contributed by atoms with E-state index in [1.165, 1.54) is 18.2 Å². The molecule has 0 unspecified atom stereocenters. The molecule has 36 heavy (non-hydrogen) atoms. The highest BCUT2D eigenvalue weighted by Crippen LogP contribution is 2.29. The smallest absolute Gasteiger partial charge is 0.444 e. The number of carbonyl (C=O) groups excluding carboxylic acids is 3. The SMILES string of the molecule is CC(C)(C)OC(=O)N1C[C@H](F)C[C@H]1C(=O)CCc1cc(-c2cnc(C(F)(F)F)nc2)ccc1C(N)=O. The van der Waals surface area contributed by atoms with Crippen LogP contribution in [0.2, 0.25) is 0 Å². The van der Waals surface area contributed by atoms with Crippen LogP contribution in [-0.4, -0.2) is 57.0 Å². The Bertz CT molecular complexity index is 1150. The van der Waals surface area contributed by atoms with Gasteiger partial charge in [0.2, 0.25) is 11.7 Å². The highest BCUT2D eigenvalue weighted by Gasteiger charge is 2.41. The van der Waals surface area contributed by atoms with E-state index in [4.69, 9.17) is 10.5 Å². The molecule has 1 aliphatic heterocycles. The Morgan fingerprint density at radius 2 is 1.75 bits per heavy atom. The average molecular weight is 510 g/mol. The molecule has 0 bridgehead atoms. The Labute approximate surface area is 204 Å². The second-order valence-electron chi connectivity index (χ2n) is 9.48. The molecular formula is C24H26F4N4O4. The summed E-state index contributed by atoms with van der Waals surface area (Å²) in [5.74, 6) is -2.46. The van der Waals surface area contributed by atoms with Crippen LogP contribution in [0, 0.1) is 0 Å². The lowest BCUT2D eigenvalue weighted by Gasteiger charge is -2.27. The van der Waals surface area contributed by atoms with E-state index in [0.717, 1.165) is 17.3 Å². The third kappa shape index (κ3) is 6.55. The summed E-state index contributed by atoms with van der Waals surface area (Å²) in [6.07, 6.45) is -5.12. The van der Waals surface area contributed by atoms with Crippen LogP contribution in [-0.2, 0) is 22.1 Å². The number of ether oxygens (including phenoxy) is 1. The second kappa shape index (κ2) is 10.2. The summed E-state index contributed by atoms with van der Waals surface area (Å²) in [5.41, 5.74) is 5.79. The molecule has 1 fully saturated rings. The Kier molecular flexibility index (Phi) is 7.65. The van der Waals surface area contributed by atoms with Gasteiger partial charge in [-0.2, -0.15) is 13.2 Å². The number of Topliss-reactive ketones (excluding diaryl/α,β-unsaturated/α-hetero) is 1. The van der Waals surface area contributed by atoms with E-state index < -0.39 is 47.6 Å². The van der Waals surface area contributed by atoms with Gasteiger partial charge in [0.05, 0.1) is 12.6 Å². The molecule has 3 rings (SSSR count). The fourth-order valence-corrected chi connectivity index (χ4v) is 3.88. The number of halogens is 4. The molecule has 2 heterocycles.